The number of hydrogen-bond acceptors (Lipinski definition) is 4. The average molecular weight is 286 g/mol. The van der Waals surface area contributed by atoms with Crippen LogP contribution in [-0.2, 0) is 20.5 Å². The van der Waals surface area contributed by atoms with E-state index in [1.54, 1.807) is 6.07 Å². The molecule has 0 saturated heterocycles. The molecule has 6 nitrogen and oxygen atoms in total. The highest BCUT2D eigenvalue weighted by Gasteiger charge is 2.31. The smallest absolute Gasteiger partial charge is 0.330 e. The number of carbonyl (C=O) groups excluding carboxylic acids is 1. The van der Waals surface area contributed by atoms with Crippen molar-refractivity contribution in [3.05, 3.63) is 62.4 Å². The third-order valence-electron chi connectivity index (χ3n) is 3.65. The summed E-state index contributed by atoms with van der Waals surface area (Å²) in [5.74, 6) is 0.264. The van der Waals surface area contributed by atoms with Crippen molar-refractivity contribution in [2.75, 3.05) is 0 Å². The first-order valence-corrected chi connectivity index (χ1v) is 6.54. The van der Waals surface area contributed by atoms with Gasteiger partial charge in [-0.2, -0.15) is 0 Å². The van der Waals surface area contributed by atoms with Crippen LogP contribution in [0.3, 0.4) is 0 Å². The number of ketones is 1. The van der Waals surface area contributed by atoms with Gasteiger partial charge in [0.25, 0.3) is 5.56 Å². The molecule has 1 unspecified atom stereocenters. The van der Waals surface area contributed by atoms with E-state index in [9.17, 15) is 14.4 Å². The van der Waals surface area contributed by atoms with E-state index in [4.69, 9.17) is 4.74 Å². The standard InChI is InChI=1S/C15H14N2O4/c1-16-8-10(14(19)17(2)15(16)20)13(18)12-7-9-5-3-4-6-11(9)21-12/h3-6,8,12H,7H2,1-2H3. The Labute approximate surface area is 120 Å². The van der Waals surface area contributed by atoms with Gasteiger partial charge in [0.05, 0.1) is 0 Å². The number of rotatable bonds is 2. The summed E-state index contributed by atoms with van der Waals surface area (Å²) in [6.07, 6.45) is 0.993. The first kappa shape index (κ1) is 13.4. The van der Waals surface area contributed by atoms with Crippen LogP contribution in [-0.4, -0.2) is 21.0 Å². The molecular weight excluding hydrogens is 272 g/mol. The first-order chi connectivity index (χ1) is 9.99. The van der Waals surface area contributed by atoms with E-state index in [1.807, 2.05) is 18.2 Å². The molecule has 0 amide bonds. The van der Waals surface area contributed by atoms with Gasteiger partial charge in [-0.3, -0.25) is 14.2 Å². The fourth-order valence-electron chi connectivity index (χ4n) is 2.48. The number of para-hydroxylation sites is 1. The summed E-state index contributed by atoms with van der Waals surface area (Å²) in [6.45, 7) is 0. The lowest BCUT2D eigenvalue weighted by molar-refractivity contribution is 0.0821. The van der Waals surface area contributed by atoms with Crippen LogP contribution in [0.2, 0.25) is 0 Å². The maximum absolute atomic E-state index is 12.5. The van der Waals surface area contributed by atoms with E-state index in [-0.39, 0.29) is 5.56 Å². The fraction of sp³-hybridized carbons (Fsp3) is 0.267. The average Bonchev–Trinajstić information content (AvgIpc) is 2.92. The lowest BCUT2D eigenvalue weighted by atomic mass is 10.0. The molecule has 108 valence electrons. The summed E-state index contributed by atoms with van der Waals surface area (Å²) in [7, 11) is 2.86. The van der Waals surface area contributed by atoms with E-state index in [0.717, 1.165) is 10.1 Å². The number of aromatic nitrogens is 2. The van der Waals surface area contributed by atoms with E-state index < -0.39 is 23.1 Å². The van der Waals surface area contributed by atoms with Crippen molar-refractivity contribution in [1.82, 2.24) is 9.13 Å². The summed E-state index contributed by atoms with van der Waals surface area (Å²) in [5.41, 5.74) is -0.148. The Hall–Kier alpha value is -2.63. The van der Waals surface area contributed by atoms with Crippen LogP contribution in [0.25, 0.3) is 0 Å². The van der Waals surface area contributed by atoms with Crippen molar-refractivity contribution in [2.24, 2.45) is 14.1 Å². The zero-order valence-electron chi connectivity index (χ0n) is 11.7. The predicted octanol–water partition coefficient (Wildman–Crippen LogP) is 0.270. The molecule has 2 heterocycles. The van der Waals surface area contributed by atoms with Crippen molar-refractivity contribution < 1.29 is 9.53 Å². The SMILES string of the molecule is Cn1cc(C(=O)C2Cc3ccccc3O2)c(=O)n(C)c1=O. The normalized spacial score (nSPS) is 16.4. The second-order valence-electron chi connectivity index (χ2n) is 5.08. The lowest BCUT2D eigenvalue weighted by Crippen LogP contribution is -2.42. The maximum Gasteiger partial charge on any atom is 0.330 e. The molecular formula is C15H14N2O4. The van der Waals surface area contributed by atoms with Gasteiger partial charge < -0.3 is 9.30 Å². The van der Waals surface area contributed by atoms with Gasteiger partial charge in [-0.05, 0) is 11.6 Å². The second kappa shape index (κ2) is 4.73. The van der Waals surface area contributed by atoms with Gasteiger partial charge in [-0.25, -0.2) is 4.79 Å². The molecule has 21 heavy (non-hydrogen) atoms. The number of carbonyl (C=O) groups is 1. The Bertz CT molecular complexity index is 822. The number of nitrogens with zero attached hydrogens (tertiary/aromatic N) is 2. The molecule has 0 radical (unpaired) electrons. The van der Waals surface area contributed by atoms with Gasteiger partial charge >= 0.3 is 5.69 Å². The van der Waals surface area contributed by atoms with Gasteiger partial charge in [-0.1, -0.05) is 18.2 Å². The summed E-state index contributed by atoms with van der Waals surface area (Å²) < 4.78 is 7.75. The molecule has 0 fully saturated rings. The summed E-state index contributed by atoms with van der Waals surface area (Å²) in [4.78, 5) is 36.2. The summed E-state index contributed by atoms with van der Waals surface area (Å²) in [6, 6.07) is 7.39. The van der Waals surface area contributed by atoms with Crippen molar-refractivity contribution >= 4 is 5.78 Å². The van der Waals surface area contributed by atoms with Crippen molar-refractivity contribution in [3.63, 3.8) is 0 Å². The third-order valence-corrected chi connectivity index (χ3v) is 3.65. The highest BCUT2D eigenvalue weighted by Crippen LogP contribution is 2.29. The van der Waals surface area contributed by atoms with E-state index in [2.05, 4.69) is 0 Å². The zero-order valence-corrected chi connectivity index (χ0v) is 11.7. The van der Waals surface area contributed by atoms with E-state index >= 15 is 0 Å². The number of ether oxygens (including phenoxy) is 1. The Morgan fingerprint density at radius 1 is 1.24 bits per heavy atom. The lowest BCUT2D eigenvalue weighted by Gasteiger charge is -2.11. The number of fused-ring (bicyclic) bond motifs is 1. The van der Waals surface area contributed by atoms with E-state index in [0.29, 0.717) is 12.2 Å². The number of benzene rings is 1. The third kappa shape index (κ3) is 2.08. The van der Waals surface area contributed by atoms with Gasteiger partial charge in [-0.15, -0.1) is 0 Å². The van der Waals surface area contributed by atoms with Crippen LogP contribution >= 0.6 is 0 Å². The first-order valence-electron chi connectivity index (χ1n) is 6.54. The molecule has 6 heteroatoms. The minimum Gasteiger partial charge on any atom is -0.482 e. The van der Waals surface area contributed by atoms with Crippen LogP contribution in [0.15, 0.2) is 40.1 Å². The van der Waals surface area contributed by atoms with Gasteiger partial charge in [0.15, 0.2) is 6.10 Å². The molecule has 3 rings (SSSR count). The minimum atomic E-state index is -0.715. The monoisotopic (exact) mass is 286 g/mol. The van der Waals surface area contributed by atoms with E-state index in [1.165, 1.54) is 24.9 Å². The van der Waals surface area contributed by atoms with Crippen molar-refractivity contribution in [3.8, 4) is 5.75 Å². The van der Waals surface area contributed by atoms with Crippen molar-refractivity contribution in [1.29, 1.82) is 0 Å². The number of hydrogen-bond donors (Lipinski definition) is 0. The molecule has 1 aliphatic rings. The molecule has 0 aliphatic carbocycles. The molecule has 2 aromatic rings. The predicted molar refractivity (Wildman–Crippen MR) is 75.8 cm³/mol. The van der Waals surface area contributed by atoms with Gasteiger partial charge in [0, 0.05) is 26.7 Å². The van der Waals surface area contributed by atoms with Crippen LogP contribution in [0.5, 0.6) is 5.75 Å². The molecule has 1 atom stereocenters. The molecule has 0 spiro atoms. The largest absolute Gasteiger partial charge is 0.482 e. The number of aryl methyl sites for hydroxylation is 1. The summed E-state index contributed by atoms with van der Waals surface area (Å²) in [5, 5.41) is 0. The van der Waals surface area contributed by atoms with Gasteiger partial charge in [0.1, 0.15) is 11.3 Å². The molecule has 0 saturated carbocycles. The van der Waals surface area contributed by atoms with Crippen LogP contribution in [0, 0.1) is 0 Å². The molecule has 1 aromatic heterocycles. The second-order valence-corrected chi connectivity index (χ2v) is 5.08. The maximum atomic E-state index is 12.5. The molecule has 1 aromatic carbocycles. The molecule has 0 N–H and O–H groups in total. The van der Waals surface area contributed by atoms with Gasteiger partial charge in [0.2, 0.25) is 5.78 Å². The van der Waals surface area contributed by atoms with Crippen LogP contribution < -0.4 is 16.0 Å². The summed E-state index contributed by atoms with van der Waals surface area (Å²) >= 11 is 0. The topological polar surface area (TPSA) is 70.3 Å². The van der Waals surface area contributed by atoms with Crippen molar-refractivity contribution in [2.45, 2.75) is 12.5 Å². The Balaban J connectivity index is 1.99. The minimum absolute atomic E-state index is 0.0302. The van der Waals surface area contributed by atoms with Crippen LogP contribution in [0.4, 0.5) is 0 Å². The Kier molecular flexibility index (Phi) is 3.01. The molecule has 0 bridgehead atoms. The fourth-order valence-corrected chi connectivity index (χ4v) is 2.48. The Morgan fingerprint density at radius 2 is 1.95 bits per heavy atom. The Morgan fingerprint density at radius 3 is 2.67 bits per heavy atom. The highest BCUT2D eigenvalue weighted by molar-refractivity contribution is 5.99. The molecule has 1 aliphatic heterocycles. The number of Topliss-reactive ketones (excluding diaryl/α,β-unsaturated/α-hetero) is 1. The van der Waals surface area contributed by atoms with Crippen LogP contribution in [0.1, 0.15) is 15.9 Å². The highest BCUT2D eigenvalue weighted by atomic mass is 16.5. The zero-order chi connectivity index (χ0) is 15.1. The quantitative estimate of drug-likeness (QED) is 0.743.